The Morgan fingerprint density at radius 1 is 1.09 bits per heavy atom. The van der Waals surface area contributed by atoms with E-state index in [1.807, 2.05) is 45.0 Å². The normalized spacial score (nSPS) is 12.1. The molecule has 0 radical (unpaired) electrons. The second-order valence-electron chi connectivity index (χ2n) is 8.24. The minimum absolute atomic E-state index is 0.112. The lowest BCUT2D eigenvalue weighted by atomic mass is 10.1. The molecule has 2 amide bonds. The van der Waals surface area contributed by atoms with E-state index in [0.717, 1.165) is 17.4 Å². The fourth-order valence-corrected chi connectivity index (χ4v) is 4.92. The summed E-state index contributed by atoms with van der Waals surface area (Å²) < 4.78 is 26.0. The standard InChI is InChI=1S/C25H34ClN3O4S/c1-5-23(25(31)27-6-2)28(18-20-10-7-9-19(3)17-20)24(30)11-8-16-29(34(4,32)33)22-14-12-21(26)13-15-22/h7,9-10,12-15,17,23H,5-6,8,11,16,18H2,1-4H3,(H,27,31). The van der Waals surface area contributed by atoms with Gasteiger partial charge in [0.1, 0.15) is 6.04 Å². The Morgan fingerprint density at radius 3 is 2.32 bits per heavy atom. The molecule has 0 fully saturated rings. The van der Waals surface area contributed by atoms with Crippen molar-refractivity contribution in [3.8, 4) is 0 Å². The first-order valence-electron chi connectivity index (χ1n) is 11.4. The average Bonchev–Trinajstić information content (AvgIpc) is 2.76. The first-order chi connectivity index (χ1) is 16.1. The van der Waals surface area contributed by atoms with Crippen LogP contribution in [0.25, 0.3) is 0 Å². The fourth-order valence-electron chi connectivity index (χ4n) is 3.83. The molecule has 0 aliphatic heterocycles. The fraction of sp³-hybridized carbons (Fsp3) is 0.440. The number of benzene rings is 2. The number of carbonyl (C=O) groups is 2. The molecular weight excluding hydrogens is 474 g/mol. The van der Waals surface area contributed by atoms with Crippen LogP contribution in [0.15, 0.2) is 48.5 Å². The summed E-state index contributed by atoms with van der Waals surface area (Å²) in [6.45, 7) is 6.63. The van der Waals surface area contributed by atoms with Crippen LogP contribution in [0.5, 0.6) is 0 Å². The van der Waals surface area contributed by atoms with Crippen molar-refractivity contribution in [2.24, 2.45) is 0 Å². The van der Waals surface area contributed by atoms with Gasteiger partial charge in [-0.05, 0) is 56.5 Å². The van der Waals surface area contributed by atoms with Gasteiger partial charge in [0.05, 0.1) is 11.9 Å². The molecule has 1 unspecified atom stereocenters. The predicted octanol–water partition coefficient (Wildman–Crippen LogP) is 4.14. The van der Waals surface area contributed by atoms with Gasteiger partial charge in [-0.2, -0.15) is 0 Å². The molecule has 0 aliphatic carbocycles. The minimum atomic E-state index is -3.54. The van der Waals surface area contributed by atoms with E-state index in [1.54, 1.807) is 29.2 Å². The van der Waals surface area contributed by atoms with Crippen molar-refractivity contribution in [3.63, 3.8) is 0 Å². The third-order valence-electron chi connectivity index (χ3n) is 5.44. The van der Waals surface area contributed by atoms with Gasteiger partial charge < -0.3 is 10.2 Å². The highest BCUT2D eigenvalue weighted by Gasteiger charge is 2.28. The zero-order valence-corrected chi connectivity index (χ0v) is 21.8. The van der Waals surface area contributed by atoms with Crippen LogP contribution in [-0.2, 0) is 26.2 Å². The third kappa shape index (κ3) is 8.02. The van der Waals surface area contributed by atoms with Crippen LogP contribution in [0.2, 0.25) is 5.02 Å². The van der Waals surface area contributed by atoms with Gasteiger partial charge in [-0.25, -0.2) is 8.42 Å². The SMILES string of the molecule is CCNC(=O)C(CC)N(Cc1cccc(C)c1)C(=O)CCCN(c1ccc(Cl)cc1)S(C)(=O)=O. The lowest BCUT2D eigenvalue weighted by Gasteiger charge is -2.31. The number of likely N-dealkylation sites (N-methyl/N-ethyl adjacent to an activating group) is 1. The number of nitrogens with zero attached hydrogens (tertiary/aromatic N) is 2. The Bertz CT molecular complexity index is 1070. The number of hydrogen-bond acceptors (Lipinski definition) is 4. The molecule has 0 saturated heterocycles. The van der Waals surface area contributed by atoms with Crippen molar-refractivity contribution in [1.82, 2.24) is 10.2 Å². The van der Waals surface area contributed by atoms with Crippen molar-refractivity contribution in [1.29, 1.82) is 0 Å². The van der Waals surface area contributed by atoms with Crippen molar-refractivity contribution < 1.29 is 18.0 Å². The zero-order valence-electron chi connectivity index (χ0n) is 20.3. The van der Waals surface area contributed by atoms with Gasteiger partial charge in [-0.3, -0.25) is 13.9 Å². The van der Waals surface area contributed by atoms with E-state index in [0.29, 0.717) is 36.6 Å². The van der Waals surface area contributed by atoms with Crippen molar-refractivity contribution in [2.75, 3.05) is 23.7 Å². The van der Waals surface area contributed by atoms with Gasteiger partial charge in [-0.1, -0.05) is 48.4 Å². The van der Waals surface area contributed by atoms with E-state index in [4.69, 9.17) is 11.6 Å². The van der Waals surface area contributed by atoms with Gasteiger partial charge in [0, 0.05) is 31.1 Å². The van der Waals surface area contributed by atoms with Gasteiger partial charge in [0.15, 0.2) is 0 Å². The first-order valence-corrected chi connectivity index (χ1v) is 13.7. The molecule has 9 heteroatoms. The molecule has 186 valence electrons. The van der Waals surface area contributed by atoms with E-state index in [-0.39, 0.29) is 24.8 Å². The number of rotatable bonds is 12. The lowest BCUT2D eigenvalue weighted by Crippen LogP contribution is -2.49. The molecule has 0 saturated carbocycles. The number of carbonyl (C=O) groups excluding carboxylic acids is 2. The summed E-state index contributed by atoms with van der Waals surface area (Å²) >= 11 is 5.93. The van der Waals surface area contributed by atoms with Crippen LogP contribution in [0.3, 0.4) is 0 Å². The summed E-state index contributed by atoms with van der Waals surface area (Å²) in [6.07, 6.45) is 2.03. The highest BCUT2D eigenvalue weighted by atomic mass is 35.5. The molecule has 34 heavy (non-hydrogen) atoms. The van der Waals surface area contributed by atoms with Crippen LogP contribution in [0, 0.1) is 6.92 Å². The van der Waals surface area contributed by atoms with Crippen LogP contribution < -0.4 is 9.62 Å². The maximum atomic E-state index is 13.3. The van der Waals surface area contributed by atoms with Crippen LogP contribution in [0.4, 0.5) is 5.69 Å². The molecule has 1 N–H and O–H groups in total. The van der Waals surface area contributed by atoms with Crippen molar-refractivity contribution in [2.45, 2.75) is 52.6 Å². The molecule has 7 nitrogen and oxygen atoms in total. The molecule has 0 aromatic heterocycles. The van der Waals surface area contributed by atoms with E-state index >= 15 is 0 Å². The molecule has 0 spiro atoms. The van der Waals surface area contributed by atoms with E-state index in [1.165, 1.54) is 4.31 Å². The van der Waals surface area contributed by atoms with E-state index < -0.39 is 16.1 Å². The molecule has 0 aliphatic rings. The molecule has 2 rings (SSSR count). The number of amides is 2. The molecule has 0 bridgehead atoms. The summed E-state index contributed by atoms with van der Waals surface area (Å²) in [4.78, 5) is 27.6. The van der Waals surface area contributed by atoms with Gasteiger partial charge in [0.2, 0.25) is 21.8 Å². The highest BCUT2D eigenvalue weighted by Crippen LogP contribution is 2.22. The Balaban J connectivity index is 2.19. The molecule has 0 heterocycles. The molecule has 1 atom stereocenters. The summed E-state index contributed by atoms with van der Waals surface area (Å²) in [6, 6.07) is 13.8. The highest BCUT2D eigenvalue weighted by molar-refractivity contribution is 7.92. The number of anilines is 1. The number of halogens is 1. The third-order valence-corrected chi connectivity index (χ3v) is 6.89. The minimum Gasteiger partial charge on any atom is -0.355 e. The van der Waals surface area contributed by atoms with E-state index in [2.05, 4.69) is 5.32 Å². The maximum Gasteiger partial charge on any atom is 0.242 e. The predicted molar refractivity (Wildman–Crippen MR) is 137 cm³/mol. The van der Waals surface area contributed by atoms with Crippen molar-refractivity contribution >= 4 is 39.1 Å². The summed E-state index contributed by atoms with van der Waals surface area (Å²) in [5.41, 5.74) is 2.50. The second kappa shape index (κ2) is 12.8. The summed E-state index contributed by atoms with van der Waals surface area (Å²) in [7, 11) is -3.54. The quantitative estimate of drug-likeness (QED) is 0.467. The maximum absolute atomic E-state index is 13.3. The monoisotopic (exact) mass is 507 g/mol. The Kier molecular flexibility index (Phi) is 10.4. The van der Waals surface area contributed by atoms with E-state index in [9.17, 15) is 18.0 Å². The number of nitrogens with one attached hydrogen (secondary N) is 1. The van der Waals surface area contributed by atoms with Gasteiger partial charge >= 0.3 is 0 Å². The first kappa shape index (κ1) is 27.7. The summed E-state index contributed by atoms with van der Waals surface area (Å²) in [5.74, 6) is -0.380. The molecule has 2 aromatic carbocycles. The lowest BCUT2D eigenvalue weighted by molar-refractivity contribution is -0.141. The molecule has 2 aromatic rings. The number of sulfonamides is 1. The Morgan fingerprint density at radius 2 is 1.76 bits per heavy atom. The topological polar surface area (TPSA) is 86.8 Å². The second-order valence-corrected chi connectivity index (χ2v) is 10.6. The summed E-state index contributed by atoms with van der Waals surface area (Å²) in [5, 5.41) is 3.33. The van der Waals surface area contributed by atoms with Gasteiger partial charge in [0.25, 0.3) is 0 Å². The van der Waals surface area contributed by atoms with Crippen LogP contribution >= 0.6 is 11.6 Å². The Labute approximate surface area is 208 Å². The average molecular weight is 508 g/mol. The Hall–Kier alpha value is -2.58. The zero-order chi connectivity index (χ0) is 25.3. The number of hydrogen-bond donors (Lipinski definition) is 1. The van der Waals surface area contributed by atoms with Crippen molar-refractivity contribution in [3.05, 3.63) is 64.7 Å². The number of aryl methyl sites for hydroxylation is 1. The largest absolute Gasteiger partial charge is 0.355 e. The van der Waals surface area contributed by atoms with Crippen LogP contribution in [0.1, 0.15) is 44.2 Å². The van der Waals surface area contributed by atoms with Gasteiger partial charge in [-0.15, -0.1) is 0 Å². The van der Waals surface area contributed by atoms with Crippen LogP contribution in [-0.4, -0.2) is 50.5 Å². The molecular formula is C25H34ClN3O4S. The smallest absolute Gasteiger partial charge is 0.242 e.